The number of hydrogen-bond acceptors (Lipinski definition) is 5. The lowest BCUT2D eigenvalue weighted by molar-refractivity contribution is -0.120. The standard InChI is InChI=1S/C23H23N3O3S/c1-28-20-9-8-16(12-21(20)29-2)10-11-24-22(27)13-18-15-30-23-25-19(14-26(18)23)17-6-4-3-5-7-17/h3-9,12,14-15H,10-11,13H2,1-2H3,(H,24,27). The number of carbonyl (C=O) groups excluding carboxylic acids is 1. The molecule has 0 saturated carbocycles. The van der Waals surface area contributed by atoms with E-state index in [1.807, 2.05) is 64.5 Å². The van der Waals surface area contributed by atoms with Gasteiger partial charge in [0.15, 0.2) is 16.5 Å². The molecule has 2 heterocycles. The van der Waals surface area contributed by atoms with Gasteiger partial charge in [-0.3, -0.25) is 9.20 Å². The van der Waals surface area contributed by atoms with Gasteiger partial charge in [-0.2, -0.15) is 0 Å². The smallest absolute Gasteiger partial charge is 0.225 e. The van der Waals surface area contributed by atoms with E-state index in [0.717, 1.165) is 27.5 Å². The predicted octanol–water partition coefficient (Wildman–Crippen LogP) is 3.98. The van der Waals surface area contributed by atoms with Gasteiger partial charge in [0.1, 0.15) is 0 Å². The van der Waals surface area contributed by atoms with Crippen molar-refractivity contribution in [1.82, 2.24) is 14.7 Å². The molecular weight excluding hydrogens is 398 g/mol. The molecule has 0 fully saturated rings. The number of hydrogen-bond donors (Lipinski definition) is 1. The molecular formula is C23H23N3O3S. The van der Waals surface area contributed by atoms with Crippen molar-refractivity contribution >= 4 is 22.2 Å². The van der Waals surface area contributed by atoms with Crippen LogP contribution in [0.2, 0.25) is 0 Å². The first-order chi connectivity index (χ1) is 14.7. The molecule has 1 amide bonds. The third-order valence-corrected chi connectivity index (χ3v) is 5.77. The number of imidazole rings is 1. The molecule has 2 aromatic heterocycles. The number of benzene rings is 2. The zero-order valence-electron chi connectivity index (χ0n) is 16.9. The van der Waals surface area contributed by atoms with Crippen molar-refractivity contribution in [3.8, 4) is 22.8 Å². The molecule has 0 atom stereocenters. The molecule has 0 aliphatic heterocycles. The number of thiazole rings is 1. The van der Waals surface area contributed by atoms with Crippen LogP contribution in [0.3, 0.4) is 0 Å². The number of amides is 1. The number of nitrogens with zero attached hydrogens (tertiary/aromatic N) is 2. The summed E-state index contributed by atoms with van der Waals surface area (Å²) in [5.74, 6) is 1.38. The van der Waals surface area contributed by atoms with Gasteiger partial charge in [0.2, 0.25) is 5.91 Å². The third kappa shape index (κ3) is 4.31. The normalized spacial score (nSPS) is 10.9. The first-order valence-corrected chi connectivity index (χ1v) is 10.5. The highest BCUT2D eigenvalue weighted by Gasteiger charge is 2.12. The summed E-state index contributed by atoms with van der Waals surface area (Å²) in [6.45, 7) is 0.556. The summed E-state index contributed by atoms with van der Waals surface area (Å²) in [6, 6.07) is 15.8. The summed E-state index contributed by atoms with van der Waals surface area (Å²) in [5.41, 5.74) is 4.00. The lowest BCUT2D eigenvalue weighted by Gasteiger charge is -2.10. The van der Waals surface area contributed by atoms with E-state index in [0.29, 0.717) is 30.9 Å². The second-order valence-corrected chi connectivity index (χ2v) is 7.67. The Kier molecular flexibility index (Phi) is 5.99. The molecule has 4 aromatic rings. The maximum atomic E-state index is 12.5. The zero-order chi connectivity index (χ0) is 20.9. The van der Waals surface area contributed by atoms with E-state index >= 15 is 0 Å². The molecule has 6 nitrogen and oxygen atoms in total. The average Bonchev–Trinajstić information content (AvgIpc) is 3.36. The summed E-state index contributed by atoms with van der Waals surface area (Å²) in [5, 5.41) is 4.99. The molecule has 0 radical (unpaired) electrons. The Morgan fingerprint density at radius 1 is 1.10 bits per heavy atom. The van der Waals surface area contributed by atoms with Crippen LogP contribution in [0.25, 0.3) is 16.2 Å². The van der Waals surface area contributed by atoms with Gasteiger partial charge in [-0.15, -0.1) is 11.3 Å². The lowest BCUT2D eigenvalue weighted by atomic mass is 10.1. The van der Waals surface area contributed by atoms with Crippen molar-refractivity contribution in [2.24, 2.45) is 0 Å². The van der Waals surface area contributed by atoms with Crippen LogP contribution < -0.4 is 14.8 Å². The van der Waals surface area contributed by atoms with E-state index in [-0.39, 0.29) is 5.91 Å². The maximum Gasteiger partial charge on any atom is 0.225 e. The Bertz CT molecular complexity index is 1150. The highest BCUT2D eigenvalue weighted by atomic mass is 32.1. The zero-order valence-corrected chi connectivity index (χ0v) is 17.7. The molecule has 0 aliphatic carbocycles. The van der Waals surface area contributed by atoms with Gasteiger partial charge in [-0.05, 0) is 24.1 Å². The van der Waals surface area contributed by atoms with Gasteiger partial charge in [0.25, 0.3) is 0 Å². The molecule has 0 saturated heterocycles. The van der Waals surface area contributed by atoms with E-state index in [2.05, 4.69) is 10.3 Å². The van der Waals surface area contributed by atoms with Crippen molar-refractivity contribution < 1.29 is 14.3 Å². The van der Waals surface area contributed by atoms with E-state index in [9.17, 15) is 4.79 Å². The van der Waals surface area contributed by atoms with Crippen LogP contribution in [0.4, 0.5) is 0 Å². The Hall–Kier alpha value is -3.32. The number of aromatic nitrogens is 2. The number of carbonyl (C=O) groups is 1. The molecule has 154 valence electrons. The monoisotopic (exact) mass is 421 g/mol. The molecule has 30 heavy (non-hydrogen) atoms. The average molecular weight is 422 g/mol. The minimum absolute atomic E-state index is 0.00913. The van der Waals surface area contributed by atoms with Crippen molar-refractivity contribution in [3.63, 3.8) is 0 Å². The second kappa shape index (κ2) is 9.00. The summed E-state index contributed by atoms with van der Waals surface area (Å²) >= 11 is 1.55. The molecule has 0 bridgehead atoms. The topological polar surface area (TPSA) is 64.9 Å². The van der Waals surface area contributed by atoms with E-state index in [1.54, 1.807) is 25.6 Å². The van der Waals surface area contributed by atoms with Crippen LogP contribution in [-0.2, 0) is 17.6 Å². The fraction of sp³-hybridized carbons (Fsp3) is 0.217. The van der Waals surface area contributed by atoms with Crippen LogP contribution in [0, 0.1) is 0 Å². The molecule has 4 rings (SSSR count). The number of rotatable bonds is 8. The fourth-order valence-electron chi connectivity index (χ4n) is 3.31. The minimum Gasteiger partial charge on any atom is -0.493 e. The molecule has 1 N–H and O–H groups in total. The number of nitrogens with one attached hydrogen (secondary N) is 1. The molecule has 0 aliphatic rings. The maximum absolute atomic E-state index is 12.5. The van der Waals surface area contributed by atoms with Gasteiger partial charge in [-0.25, -0.2) is 4.98 Å². The van der Waals surface area contributed by atoms with Gasteiger partial charge >= 0.3 is 0 Å². The summed E-state index contributed by atoms with van der Waals surface area (Å²) < 4.78 is 12.6. The van der Waals surface area contributed by atoms with Crippen molar-refractivity contribution in [1.29, 1.82) is 0 Å². The summed E-state index contributed by atoms with van der Waals surface area (Å²) in [7, 11) is 3.23. The number of methoxy groups -OCH3 is 2. The van der Waals surface area contributed by atoms with E-state index in [1.165, 1.54) is 0 Å². The van der Waals surface area contributed by atoms with Crippen LogP contribution >= 0.6 is 11.3 Å². The molecule has 0 spiro atoms. The predicted molar refractivity (Wildman–Crippen MR) is 118 cm³/mol. The molecule has 7 heteroatoms. The van der Waals surface area contributed by atoms with Crippen molar-refractivity contribution in [2.45, 2.75) is 12.8 Å². The second-order valence-electron chi connectivity index (χ2n) is 6.84. The van der Waals surface area contributed by atoms with Crippen LogP contribution in [0.15, 0.2) is 60.1 Å². The Balaban J connectivity index is 1.36. The molecule has 2 aromatic carbocycles. The largest absolute Gasteiger partial charge is 0.493 e. The quantitative estimate of drug-likeness (QED) is 0.467. The first-order valence-electron chi connectivity index (χ1n) is 9.66. The van der Waals surface area contributed by atoms with Gasteiger partial charge in [0.05, 0.1) is 26.3 Å². The highest BCUT2D eigenvalue weighted by molar-refractivity contribution is 7.15. The van der Waals surface area contributed by atoms with Gasteiger partial charge < -0.3 is 14.8 Å². The molecule has 0 unspecified atom stereocenters. The highest BCUT2D eigenvalue weighted by Crippen LogP contribution is 2.27. The Labute approximate surface area is 179 Å². The summed E-state index contributed by atoms with van der Waals surface area (Å²) in [4.78, 5) is 18.0. The fourth-order valence-corrected chi connectivity index (χ4v) is 4.19. The number of fused-ring (bicyclic) bond motifs is 1. The Morgan fingerprint density at radius 3 is 2.67 bits per heavy atom. The van der Waals surface area contributed by atoms with Crippen LogP contribution in [0.1, 0.15) is 11.3 Å². The van der Waals surface area contributed by atoms with E-state index in [4.69, 9.17) is 9.47 Å². The first kappa shape index (κ1) is 20.0. The van der Waals surface area contributed by atoms with Crippen molar-refractivity contribution in [3.05, 3.63) is 71.4 Å². The van der Waals surface area contributed by atoms with Crippen LogP contribution in [0.5, 0.6) is 11.5 Å². The van der Waals surface area contributed by atoms with Crippen molar-refractivity contribution in [2.75, 3.05) is 20.8 Å². The van der Waals surface area contributed by atoms with Gasteiger partial charge in [0, 0.05) is 29.4 Å². The summed E-state index contributed by atoms with van der Waals surface area (Å²) in [6.07, 6.45) is 3.03. The van der Waals surface area contributed by atoms with Crippen LogP contribution in [-0.4, -0.2) is 36.1 Å². The van der Waals surface area contributed by atoms with E-state index < -0.39 is 0 Å². The third-order valence-electron chi connectivity index (χ3n) is 4.88. The minimum atomic E-state index is -0.00913. The van der Waals surface area contributed by atoms with Gasteiger partial charge in [-0.1, -0.05) is 36.4 Å². The lowest BCUT2D eigenvalue weighted by Crippen LogP contribution is -2.27. The number of ether oxygens (including phenoxy) is 2. The Morgan fingerprint density at radius 2 is 1.90 bits per heavy atom. The SMILES string of the molecule is COc1ccc(CCNC(=O)Cc2csc3nc(-c4ccccc4)cn23)cc1OC.